The molecule has 1 aromatic heterocycles. The van der Waals surface area contributed by atoms with Crippen molar-refractivity contribution in [1.82, 2.24) is 4.57 Å². The van der Waals surface area contributed by atoms with Gasteiger partial charge >= 0.3 is 0 Å². The second-order valence-electron chi connectivity index (χ2n) is 6.04. The molecule has 3 aromatic rings. The van der Waals surface area contributed by atoms with Crippen LogP contribution < -0.4 is 14.0 Å². The summed E-state index contributed by atoms with van der Waals surface area (Å²) in [6, 6.07) is 15.7. The topological polar surface area (TPSA) is 47.5 Å². The molecule has 132 valence electrons. The first kappa shape index (κ1) is 17.3. The second kappa shape index (κ2) is 7.57. The van der Waals surface area contributed by atoms with Gasteiger partial charge in [0.15, 0.2) is 22.5 Å². The van der Waals surface area contributed by atoms with E-state index in [1.54, 1.807) is 7.11 Å². The monoisotopic (exact) mass is 341 g/mol. The van der Waals surface area contributed by atoms with E-state index in [9.17, 15) is 5.11 Å². The van der Waals surface area contributed by atoms with Crippen molar-refractivity contribution in [3.8, 4) is 11.5 Å². The molecule has 0 aliphatic carbocycles. The van der Waals surface area contributed by atoms with Crippen molar-refractivity contribution in [3.63, 3.8) is 0 Å². The van der Waals surface area contributed by atoms with Crippen LogP contribution in [0, 0.1) is 0 Å². The van der Waals surface area contributed by atoms with Crippen LogP contribution in [-0.2, 0) is 20.0 Å². The molecular formula is C20H25N2O3+. The van der Waals surface area contributed by atoms with Gasteiger partial charge in [-0.1, -0.05) is 31.2 Å². The Bertz CT molecular complexity index is 857. The fraction of sp³-hybridized carbons (Fsp3) is 0.350. The van der Waals surface area contributed by atoms with Crippen LogP contribution in [0.4, 0.5) is 0 Å². The third kappa shape index (κ3) is 3.46. The summed E-state index contributed by atoms with van der Waals surface area (Å²) in [6.45, 7) is 2.82. The number of hydrogen-bond acceptors (Lipinski definition) is 3. The highest BCUT2D eigenvalue weighted by molar-refractivity contribution is 5.72. The van der Waals surface area contributed by atoms with E-state index >= 15 is 0 Å². The van der Waals surface area contributed by atoms with E-state index in [2.05, 4.69) is 35.2 Å². The number of benzene rings is 2. The van der Waals surface area contributed by atoms with E-state index in [-0.39, 0.29) is 6.61 Å². The van der Waals surface area contributed by atoms with Gasteiger partial charge in [0.25, 0.3) is 5.82 Å². The molecular weight excluding hydrogens is 316 g/mol. The van der Waals surface area contributed by atoms with Gasteiger partial charge in [-0.3, -0.25) is 0 Å². The first-order chi connectivity index (χ1) is 12.2. The molecule has 0 fully saturated rings. The molecule has 3 rings (SSSR count). The van der Waals surface area contributed by atoms with Crippen molar-refractivity contribution in [2.24, 2.45) is 7.05 Å². The standard InChI is InChI=1S/C20H25N2O3/c1-4-20-21(2)16-9-5-6-10-17(16)22(20)13-15(23)14-25-19-12-8-7-11-18(19)24-3/h5-12,15,23H,4,13-14H2,1-3H3/q+1/t15-/m1/s1. The van der Waals surface area contributed by atoms with Gasteiger partial charge in [0.1, 0.15) is 19.3 Å². The smallest absolute Gasteiger partial charge is 0.256 e. The van der Waals surface area contributed by atoms with Gasteiger partial charge in [0.2, 0.25) is 0 Å². The lowest BCUT2D eigenvalue weighted by molar-refractivity contribution is -0.653. The number of ether oxygens (including phenoxy) is 2. The van der Waals surface area contributed by atoms with Crippen molar-refractivity contribution in [2.45, 2.75) is 26.0 Å². The lowest BCUT2D eigenvalue weighted by Crippen LogP contribution is -2.34. The molecule has 0 saturated heterocycles. The molecule has 5 heteroatoms. The maximum atomic E-state index is 10.5. The zero-order valence-electron chi connectivity index (χ0n) is 15.0. The molecule has 5 nitrogen and oxygen atoms in total. The number of aromatic nitrogens is 2. The van der Waals surface area contributed by atoms with Gasteiger partial charge in [-0.25, -0.2) is 9.13 Å². The predicted molar refractivity (Wildman–Crippen MR) is 97.0 cm³/mol. The summed E-state index contributed by atoms with van der Waals surface area (Å²) in [6.07, 6.45) is 0.275. The van der Waals surface area contributed by atoms with Crippen molar-refractivity contribution in [2.75, 3.05) is 13.7 Å². The molecule has 0 saturated carbocycles. The first-order valence-electron chi connectivity index (χ1n) is 8.55. The number of rotatable bonds is 7. The molecule has 0 aliphatic heterocycles. The summed E-state index contributed by atoms with van der Waals surface area (Å²) in [5.74, 6) is 2.49. The number of imidazole rings is 1. The van der Waals surface area contributed by atoms with Gasteiger partial charge < -0.3 is 14.6 Å². The van der Waals surface area contributed by atoms with E-state index < -0.39 is 6.10 Å². The van der Waals surface area contributed by atoms with Crippen LogP contribution in [-0.4, -0.2) is 29.5 Å². The summed E-state index contributed by atoms with van der Waals surface area (Å²) in [7, 11) is 3.67. The second-order valence-corrected chi connectivity index (χ2v) is 6.04. The molecule has 25 heavy (non-hydrogen) atoms. The van der Waals surface area contributed by atoms with E-state index in [0.29, 0.717) is 18.0 Å². The highest BCUT2D eigenvalue weighted by atomic mass is 16.5. The minimum atomic E-state index is -0.619. The summed E-state index contributed by atoms with van der Waals surface area (Å²) >= 11 is 0. The van der Waals surface area contributed by atoms with Crippen LogP contribution in [0.15, 0.2) is 48.5 Å². The minimum Gasteiger partial charge on any atom is -0.493 e. The normalized spacial score (nSPS) is 12.3. The highest BCUT2D eigenvalue weighted by Gasteiger charge is 2.23. The van der Waals surface area contributed by atoms with Gasteiger partial charge in [-0.05, 0) is 24.3 Å². The SMILES string of the molecule is CCc1n(C[C@@H](O)COc2ccccc2OC)c2ccccc2[n+]1C. The fourth-order valence-electron chi connectivity index (χ4n) is 3.25. The minimum absolute atomic E-state index is 0.208. The molecule has 0 aliphatic rings. The lowest BCUT2D eigenvalue weighted by Gasteiger charge is -2.14. The maximum Gasteiger partial charge on any atom is 0.256 e. The zero-order chi connectivity index (χ0) is 17.8. The molecule has 0 bridgehead atoms. The number of para-hydroxylation sites is 4. The van der Waals surface area contributed by atoms with Crippen LogP contribution in [0.5, 0.6) is 11.5 Å². The fourth-order valence-corrected chi connectivity index (χ4v) is 3.25. The van der Waals surface area contributed by atoms with Crippen LogP contribution in [0.3, 0.4) is 0 Å². The molecule has 1 heterocycles. The molecule has 1 atom stereocenters. The zero-order valence-corrected chi connectivity index (χ0v) is 15.0. The molecule has 1 N–H and O–H groups in total. The van der Waals surface area contributed by atoms with E-state index in [4.69, 9.17) is 9.47 Å². The number of aliphatic hydroxyl groups excluding tert-OH is 1. The van der Waals surface area contributed by atoms with E-state index in [1.807, 2.05) is 36.4 Å². The van der Waals surface area contributed by atoms with Crippen LogP contribution in [0.2, 0.25) is 0 Å². The molecule has 0 radical (unpaired) electrons. The predicted octanol–water partition coefficient (Wildman–Crippen LogP) is 2.48. The third-order valence-electron chi connectivity index (χ3n) is 4.44. The number of methoxy groups -OCH3 is 1. The van der Waals surface area contributed by atoms with E-state index in [1.165, 1.54) is 5.82 Å². The van der Waals surface area contributed by atoms with Crippen LogP contribution >= 0.6 is 0 Å². The van der Waals surface area contributed by atoms with Crippen molar-refractivity contribution in [3.05, 3.63) is 54.4 Å². The van der Waals surface area contributed by atoms with E-state index in [0.717, 1.165) is 17.5 Å². The van der Waals surface area contributed by atoms with Gasteiger partial charge in [-0.15, -0.1) is 0 Å². The molecule has 0 amide bonds. The average Bonchev–Trinajstić information content (AvgIpc) is 2.92. The first-order valence-corrected chi connectivity index (χ1v) is 8.55. The summed E-state index contributed by atoms with van der Waals surface area (Å²) in [5, 5.41) is 10.5. The molecule has 2 aromatic carbocycles. The van der Waals surface area contributed by atoms with Crippen LogP contribution in [0.1, 0.15) is 12.7 Å². The Hall–Kier alpha value is -2.53. The third-order valence-corrected chi connectivity index (χ3v) is 4.44. The number of hydrogen-bond donors (Lipinski definition) is 1. The Morgan fingerprint density at radius 2 is 1.76 bits per heavy atom. The number of nitrogens with zero attached hydrogens (tertiary/aromatic N) is 2. The quantitative estimate of drug-likeness (QED) is 0.672. The number of aryl methyl sites for hydroxylation is 1. The molecule has 0 spiro atoms. The highest BCUT2D eigenvalue weighted by Crippen LogP contribution is 2.26. The van der Waals surface area contributed by atoms with Gasteiger partial charge in [0.05, 0.1) is 14.2 Å². The van der Waals surface area contributed by atoms with Crippen LogP contribution in [0.25, 0.3) is 11.0 Å². The maximum absolute atomic E-state index is 10.5. The Morgan fingerprint density at radius 1 is 1.08 bits per heavy atom. The van der Waals surface area contributed by atoms with Gasteiger partial charge in [-0.2, -0.15) is 0 Å². The Balaban J connectivity index is 1.77. The van der Waals surface area contributed by atoms with Crippen molar-refractivity contribution < 1.29 is 19.1 Å². The Kier molecular flexibility index (Phi) is 5.24. The largest absolute Gasteiger partial charge is 0.493 e. The lowest BCUT2D eigenvalue weighted by atomic mass is 10.3. The number of aliphatic hydroxyl groups is 1. The van der Waals surface area contributed by atoms with Gasteiger partial charge in [0, 0.05) is 6.42 Å². The average molecular weight is 341 g/mol. The number of fused-ring (bicyclic) bond motifs is 1. The summed E-state index contributed by atoms with van der Waals surface area (Å²) in [5.41, 5.74) is 2.29. The summed E-state index contributed by atoms with van der Waals surface area (Å²) < 4.78 is 15.4. The van der Waals surface area contributed by atoms with Crippen molar-refractivity contribution >= 4 is 11.0 Å². The molecule has 0 unspecified atom stereocenters. The Labute approximate surface area is 148 Å². The van der Waals surface area contributed by atoms with Crippen molar-refractivity contribution in [1.29, 1.82) is 0 Å². The summed E-state index contributed by atoms with van der Waals surface area (Å²) in [4.78, 5) is 0. The Morgan fingerprint density at radius 3 is 2.48 bits per heavy atom.